The Labute approximate surface area is 168 Å². The van der Waals surface area contributed by atoms with Crippen LogP contribution in [0.15, 0.2) is 42.5 Å². The van der Waals surface area contributed by atoms with Gasteiger partial charge in [0.1, 0.15) is 0 Å². The number of fused-ring (bicyclic) bond motifs is 2. The second kappa shape index (κ2) is 6.76. The van der Waals surface area contributed by atoms with Crippen LogP contribution in [0, 0.1) is 3.57 Å². The van der Waals surface area contributed by atoms with Gasteiger partial charge in [0.25, 0.3) is 17.6 Å². The van der Waals surface area contributed by atoms with Gasteiger partial charge in [-0.1, -0.05) is 18.2 Å². The molecule has 1 aliphatic rings. The van der Waals surface area contributed by atoms with Gasteiger partial charge in [-0.15, -0.1) is 0 Å². The van der Waals surface area contributed by atoms with Gasteiger partial charge < -0.3 is 10.6 Å². The van der Waals surface area contributed by atoms with Crippen molar-refractivity contribution in [1.29, 1.82) is 0 Å². The van der Waals surface area contributed by atoms with Gasteiger partial charge in [0.15, 0.2) is 5.69 Å². The van der Waals surface area contributed by atoms with Crippen LogP contribution < -0.4 is 10.6 Å². The zero-order chi connectivity index (χ0) is 19.1. The Morgan fingerprint density at radius 1 is 1.11 bits per heavy atom. The Balaban J connectivity index is 1.55. The summed E-state index contributed by atoms with van der Waals surface area (Å²) < 4.78 is 2.63. The van der Waals surface area contributed by atoms with Crippen LogP contribution in [0.2, 0.25) is 0 Å². The van der Waals surface area contributed by atoms with E-state index in [2.05, 4.69) is 27.7 Å². The van der Waals surface area contributed by atoms with Crippen LogP contribution in [0.5, 0.6) is 0 Å². The predicted octanol–water partition coefficient (Wildman–Crippen LogP) is 2.36. The van der Waals surface area contributed by atoms with Crippen molar-refractivity contribution in [2.45, 2.75) is 13.0 Å². The van der Waals surface area contributed by atoms with Crippen molar-refractivity contribution in [3.8, 4) is 0 Å². The number of para-hydroxylation sites is 1. The van der Waals surface area contributed by atoms with Crippen LogP contribution in [0.1, 0.15) is 27.3 Å². The first-order chi connectivity index (χ1) is 13.0. The average molecular weight is 474 g/mol. The fourth-order valence-electron chi connectivity index (χ4n) is 3.35. The van der Waals surface area contributed by atoms with E-state index in [0.717, 1.165) is 9.09 Å². The Hall–Kier alpha value is -2.75. The molecule has 0 spiro atoms. The molecule has 0 saturated carbocycles. The molecule has 8 heteroatoms. The molecule has 0 unspecified atom stereocenters. The lowest BCUT2D eigenvalue weighted by Crippen LogP contribution is -2.31. The second-order valence-electron chi connectivity index (χ2n) is 6.25. The average Bonchev–Trinajstić information content (AvgIpc) is 3.13. The molecule has 0 atom stereocenters. The summed E-state index contributed by atoms with van der Waals surface area (Å²) in [4.78, 5) is 37.6. The maximum absolute atomic E-state index is 12.3. The molecule has 1 aromatic heterocycles. The minimum atomic E-state index is -0.575. The summed E-state index contributed by atoms with van der Waals surface area (Å²) in [6.45, 7) is 0.879. The normalized spacial score (nSPS) is 13.4. The summed E-state index contributed by atoms with van der Waals surface area (Å²) in [7, 11) is 0. The molecule has 0 aliphatic carbocycles. The Morgan fingerprint density at radius 2 is 1.89 bits per heavy atom. The first-order valence-corrected chi connectivity index (χ1v) is 9.46. The van der Waals surface area contributed by atoms with Crippen LogP contribution >= 0.6 is 22.6 Å². The highest BCUT2D eigenvalue weighted by atomic mass is 127. The predicted molar refractivity (Wildman–Crippen MR) is 109 cm³/mol. The van der Waals surface area contributed by atoms with Gasteiger partial charge in [-0.3, -0.25) is 19.1 Å². The number of aryl methyl sites for hydroxylation is 1. The van der Waals surface area contributed by atoms with Crippen molar-refractivity contribution in [2.75, 3.05) is 11.4 Å². The van der Waals surface area contributed by atoms with Gasteiger partial charge in [-0.2, -0.15) is 5.10 Å². The van der Waals surface area contributed by atoms with E-state index in [-0.39, 0.29) is 5.69 Å². The molecule has 0 fully saturated rings. The summed E-state index contributed by atoms with van der Waals surface area (Å²) >= 11 is 2.12. The van der Waals surface area contributed by atoms with E-state index >= 15 is 0 Å². The number of nitrogens with two attached hydrogens (primary N) is 1. The van der Waals surface area contributed by atoms with Crippen molar-refractivity contribution < 1.29 is 14.4 Å². The zero-order valence-corrected chi connectivity index (χ0v) is 16.3. The standard InChI is InChI=1S/C19H15IN4O3/c20-11-6-7-14-13(10-11)17(25)19(27)23(14)8-3-9-24-15-5-2-1-4-12(15)16(22-24)18(21)26/h1-2,4-7,10H,3,8-9H2,(H2,21,26). The number of primary amides is 1. The van der Waals surface area contributed by atoms with Gasteiger partial charge in [-0.25, -0.2) is 0 Å². The topological polar surface area (TPSA) is 98.3 Å². The smallest absolute Gasteiger partial charge is 0.299 e. The summed E-state index contributed by atoms with van der Waals surface area (Å²) in [5, 5.41) is 5.02. The number of carbonyl (C=O) groups is 3. The molecule has 2 N–H and O–H groups in total. The highest BCUT2D eigenvalue weighted by molar-refractivity contribution is 14.1. The zero-order valence-electron chi connectivity index (χ0n) is 14.2. The molecule has 3 aromatic rings. The van der Waals surface area contributed by atoms with Crippen LogP contribution in [0.4, 0.5) is 5.69 Å². The van der Waals surface area contributed by atoms with Crippen LogP contribution in [-0.4, -0.2) is 33.9 Å². The fraction of sp³-hybridized carbons (Fsp3) is 0.158. The maximum Gasteiger partial charge on any atom is 0.299 e. The number of anilines is 1. The lowest BCUT2D eigenvalue weighted by Gasteiger charge is -2.16. The van der Waals surface area contributed by atoms with Gasteiger partial charge >= 0.3 is 0 Å². The summed E-state index contributed by atoms with van der Waals surface area (Å²) in [6.07, 6.45) is 0.578. The van der Waals surface area contributed by atoms with E-state index in [0.29, 0.717) is 36.1 Å². The number of aromatic nitrogens is 2. The highest BCUT2D eigenvalue weighted by Gasteiger charge is 2.35. The van der Waals surface area contributed by atoms with Crippen LogP contribution in [0.3, 0.4) is 0 Å². The number of hydrogen-bond acceptors (Lipinski definition) is 4. The Bertz CT molecular complexity index is 1110. The SMILES string of the molecule is NC(=O)c1nn(CCCN2C(=O)C(=O)c3cc(I)ccc32)c2ccccc12. The molecule has 4 rings (SSSR count). The van der Waals surface area contributed by atoms with Crippen molar-refractivity contribution >= 4 is 56.8 Å². The summed E-state index contributed by atoms with van der Waals surface area (Å²) in [5.74, 6) is -1.55. The van der Waals surface area contributed by atoms with Crippen LogP contribution in [-0.2, 0) is 11.3 Å². The molecule has 7 nitrogen and oxygen atoms in total. The molecule has 2 heterocycles. The van der Waals surface area contributed by atoms with Gasteiger partial charge in [0.05, 0.1) is 16.8 Å². The Kier molecular flexibility index (Phi) is 4.42. The van der Waals surface area contributed by atoms with Crippen molar-refractivity contribution in [2.24, 2.45) is 5.73 Å². The van der Waals surface area contributed by atoms with Crippen LogP contribution in [0.25, 0.3) is 10.9 Å². The molecule has 1 aliphatic heterocycles. The molecular formula is C19H15IN4O3. The van der Waals surface area contributed by atoms with E-state index < -0.39 is 17.6 Å². The monoisotopic (exact) mass is 474 g/mol. The van der Waals surface area contributed by atoms with Crippen molar-refractivity contribution in [1.82, 2.24) is 9.78 Å². The quantitative estimate of drug-likeness (QED) is 0.454. The van der Waals surface area contributed by atoms with Gasteiger partial charge in [-0.05, 0) is 53.3 Å². The van der Waals surface area contributed by atoms with Gasteiger partial charge in [0, 0.05) is 22.0 Å². The molecule has 0 saturated heterocycles. The number of nitrogens with zero attached hydrogens (tertiary/aromatic N) is 3. The molecule has 27 heavy (non-hydrogen) atoms. The molecule has 136 valence electrons. The number of amides is 2. The first kappa shape index (κ1) is 17.7. The largest absolute Gasteiger partial charge is 0.364 e. The lowest BCUT2D eigenvalue weighted by atomic mass is 10.1. The minimum absolute atomic E-state index is 0.234. The molecule has 0 bridgehead atoms. The maximum atomic E-state index is 12.3. The third kappa shape index (κ3) is 2.99. The molecule has 2 amide bonds. The third-order valence-corrected chi connectivity index (χ3v) is 5.25. The molecular weight excluding hydrogens is 459 g/mol. The highest BCUT2D eigenvalue weighted by Crippen LogP contribution is 2.30. The van der Waals surface area contributed by atoms with E-state index in [1.807, 2.05) is 24.3 Å². The number of rotatable bonds is 5. The number of benzene rings is 2. The molecule has 2 aromatic carbocycles. The third-order valence-electron chi connectivity index (χ3n) is 4.58. The number of carbonyl (C=O) groups excluding carboxylic acids is 3. The summed E-state index contributed by atoms with van der Waals surface area (Å²) in [5.41, 5.74) is 7.56. The van der Waals surface area contributed by atoms with Gasteiger partial charge in [0.2, 0.25) is 0 Å². The lowest BCUT2D eigenvalue weighted by molar-refractivity contribution is -0.114. The van der Waals surface area contributed by atoms with E-state index in [1.54, 1.807) is 22.9 Å². The number of Topliss-reactive ketones (excluding diaryl/α,β-unsaturated/α-hetero) is 1. The van der Waals surface area contributed by atoms with E-state index in [1.165, 1.54) is 4.90 Å². The summed E-state index contributed by atoms with van der Waals surface area (Å²) in [6, 6.07) is 12.8. The first-order valence-electron chi connectivity index (χ1n) is 8.38. The van der Waals surface area contributed by atoms with E-state index in [4.69, 9.17) is 5.73 Å². The second-order valence-corrected chi connectivity index (χ2v) is 7.50. The number of ketones is 1. The molecule has 0 radical (unpaired) electrons. The number of halogens is 1. The minimum Gasteiger partial charge on any atom is -0.364 e. The van der Waals surface area contributed by atoms with Crippen molar-refractivity contribution in [3.63, 3.8) is 0 Å². The van der Waals surface area contributed by atoms with E-state index in [9.17, 15) is 14.4 Å². The van der Waals surface area contributed by atoms with Crippen molar-refractivity contribution in [3.05, 3.63) is 57.3 Å². The fourth-order valence-corrected chi connectivity index (χ4v) is 3.84. The Morgan fingerprint density at radius 3 is 2.67 bits per heavy atom. The number of hydrogen-bond donors (Lipinski definition) is 1.